The van der Waals surface area contributed by atoms with Crippen LogP contribution in [0.15, 0.2) is 64.2 Å². The third-order valence-electron chi connectivity index (χ3n) is 4.57. The molecule has 0 aliphatic carbocycles. The summed E-state index contributed by atoms with van der Waals surface area (Å²) in [6, 6.07) is 13.2. The van der Waals surface area contributed by atoms with E-state index in [9.17, 15) is 27.6 Å². The van der Waals surface area contributed by atoms with Crippen LogP contribution in [-0.4, -0.2) is 19.3 Å². The number of ketones is 1. The highest BCUT2D eigenvalue weighted by Gasteiger charge is 2.35. The Bertz CT molecular complexity index is 1400. The van der Waals surface area contributed by atoms with Gasteiger partial charge in [0, 0.05) is 24.1 Å². The Balaban J connectivity index is 1.90. The van der Waals surface area contributed by atoms with E-state index in [0.29, 0.717) is 30.9 Å². The van der Waals surface area contributed by atoms with E-state index in [4.69, 9.17) is 0 Å². The van der Waals surface area contributed by atoms with Gasteiger partial charge in [-0.25, -0.2) is 9.36 Å². The fourth-order valence-electron chi connectivity index (χ4n) is 3.09. The lowest BCUT2D eigenvalue weighted by atomic mass is 10.1. The molecule has 0 aliphatic heterocycles. The molecule has 0 unspecified atom stereocenters. The molecule has 4 rings (SSSR count). The molecule has 0 atom stereocenters. The van der Waals surface area contributed by atoms with E-state index in [1.54, 1.807) is 36.4 Å². The second kappa shape index (κ2) is 7.06. The Labute approximate surface area is 170 Å². The first-order valence-corrected chi connectivity index (χ1v) is 9.35. The Morgan fingerprint density at radius 1 is 1.03 bits per heavy atom. The maximum absolute atomic E-state index is 13.1. The lowest BCUT2D eigenvalue weighted by Crippen LogP contribution is -2.40. The first kappa shape index (κ1) is 19.8. The number of hydrogen-bond acceptors (Lipinski definition) is 5. The van der Waals surface area contributed by atoms with E-state index in [-0.39, 0.29) is 17.2 Å². The topological polar surface area (TPSA) is 74.0 Å². The van der Waals surface area contributed by atoms with Crippen molar-refractivity contribution in [1.82, 2.24) is 13.5 Å². The summed E-state index contributed by atoms with van der Waals surface area (Å²) in [5, 5.41) is 0.403. The SMILES string of the molecule is Cn1c(C(F)(F)F)cc(=O)n(-c2ccc3snc(C(=O)c4ccccc4)c3c2)c1=O. The third-order valence-corrected chi connectivity index (χ3v) is 5.40. The molecule has 0 spiro atoms. The summed E-state index contributed by atoms with van der Waals surface area (Å²) in [6.45, 7) is 0. The van der Waals surface area contributed by atoms with E-state index in [2.05, 4.69) is 4.37 Å². The molecule has 0 saturated carbocycles. The van der Waals surface area contributed by atoms with Crippen molar-refractivity contribution in [3.63, 3.8) is 0 Å². The van der Waals surface area contributed by atoms with Crippen LogP contribution in [0, 0.1) is 0 Å². The standard InChI is InChI=1S/C20H12F3N3O3S/c1-25-15(20(21,22)23)10-16(27)26(19(25)29)12-7-8-14-13(9-12)17(24-30-14)18(28)11-5-3-2-4-6-11/h2-10H,1H3. The summed E-state index contributed by atoms with van der Waals surface area (Å²) in [7, 11) is 0.941. The molecule has 2 heterocycles. The average molecular weight is 431 g/mol. The molecule has 2 aromatic carbocycles. The Hall–Kier alpha value is -3.53. The van der Waals surface area contributed by atoms with Crippen LogP contribution < -0.4 is 11.2 Å². The Morgan fingerprint density at radius 3 is 2.40 bits per heavy atom. The van der Waals surface area contributed by atoms with Crippen molar-refractivity contribution in [2.24, 2.45) is 7.05 Å². The fraction of sp³-hybridized carbons (Fsp3) is 0.100. The van der Waals surface area contributed by atoms with Crippen LogP contribution in [0.5, 0.6) is 0 Å². The van der Waals surface area contributed by atoms with Gasteiger partial charge in [0.2, 0.25) is 5.78 Å². The first-order valence-electron chi connectivity index (χ1n) is 8.58. The van der Waals surface area contributed by atoms with Crippen LogP contribution in [0.2, 0.25) is 0 Å². The van der Waals surface area contributed by atoms with Gasteiger partial charge in [-0.15, -0.1) is 0 Å². The first-order chi connectivity index (χ1) is 14.2. The second-order valence-corrected chi connectivity index (χ2v) is 7.25. The summed E-state index contributed by atoms with van der Waals surface area (Å²) < 4.78 is 45.0. The van der Waals surface area contributed by atoms with E-state index in [1.807, 2.05) is 0 Å². The number of carbonyl (C=O) groups excluding carboxylic acids is 1. The van der Waals surface area contributed by atoms with Crippen LogP contribution in [0.4, 0.5) is 13.2 Å². The fourth-order valence-corrected chi connectivity index (χ4v) is 3.84. The van der Waals surface area contributed by atoms with Gasteiger partial charge in [0.1, 0.15) is 11.4 Å². The highest BCUT2D eigenvalue weighted by molar-refractivity contribution is 7.13. The van der Waals surface area contributed by atoms with Crippen molar-refractivity contribution >= 4 is 27.4 Å². The highest BCUT2D eigenvalue weighted by Crippen LogP contribution is 2.28. The number of fused-ring (bicyclic) bond motifs is 1. The maximum atomic E-state index is 13.1. The van der Waals surface area contributed by atoms with Gasteiger partial charge in [0.15, 0.2) is 0 Å². The molecule has 2 aromatic heterocycles. The van der Waals surface area contributed by atoms with Crippen molar-refractivity contribution in [1.29, 1.82) is 0 Å². The molecule has 0 fully saturated rings. The Kier molecular flexibility index (Phi) is 4.65. The molecule has 0 bridgehead atoms. The van der Waals surface area contributed by atoms with Crippen LogP contribution in [0.1, 0.15) is 21.7 Å². The Morgan fingerprint density at radius 2 is 1.73 bits per heavy atom. The van der Waals surface area contributed by atoms with Crippen molar-refractivity contribution in [3.05, 3.63) is 92.4 Å². The van der Waals surface area contributed by atoms with Crippen molar-refractivity contribution in [2.75, 3.05) is 0 Å². The zero-order valence-electron chi connectivity index (χ0n) is 15.3. The summed E-state index contributed by atoms with van der Waals surface area (Å²) in [5.74, 6) is -0.341. The van der Waals surface area contributed by atoms with Gasteiger partial charge in [-0.1, -0.05) is 30.3 Å². The highest BCUT2D eigenvalue weighted by atomic mass is 32.1. The molecule has 4 aromatic rings. The second-order valence-electron chi connectivity index (χ2n) is 6.45. The largest absolute Gasteiger partial charge is 0.431 e. The van der Waals surface area contributed by atoms with Crippen LogP contribution in [0.25, 0.3) is 15.8 Å². The molecule has 30 heavy (non-hydrogen) atoms. The van der Waals surface area contributed by atoms with Gasteiger partial charge in [-0.2, -0.15) is 17.5 Å². The molecule has 6 nitrogen and oxygen atoms in total. The van der Waals surface area contributed by atoms with Crippen molar-refractivity contribution in [3.8, 4) is 5.69 Å². The number of nitrogens with zero attached hydrogens (tertiary/aromatic N) is 3. The average Bonchev–Trinajstić information content (AvgIpc) is 3.13. The monoisotopic (exact) mass is 431 g/mol. The minimum Gasteiger partial charge on any atom is -0.292 e. The molecule has 0 radical (unpaired) electrons. The molecular weight excluding hydrogens is 419 g/mol. The molecule has 0 aliphatic rings. The number of rotatable bonds is 3. The molecule has 0 N–H and O–H groups in total. The van der Waals surface area contributed by atoms with Gasteiger partial charge >= 0.3 is 11.9 Å². The summed E-state index contributed by atoms with van der Waals surface area (Å²) in [4.78, 5) is 37.7. The smallest absolute Gasteiger partial charge is 0.292 e. The number of hydrogen-bond donors (Lipinski definition) is 0. The molecule has 0 saturated heterocycles. The van der Waals surface area contributed by atoms with Gasteiger partial charge in [-0.05, 0) is 29.7 Å². The van der Waals surface area contributed by atoms with E-state index >= 15 is 0 Å². The number of aromatic nitrogens is 3. The third kappa shape index (κ3) is 3.24. The maximum Gasteiger partial charge on any atom is 0.431 e. The minimum absolute atomic E-state index is 0.0455. The minimum atomic E-state index is -4.84. The zero-order valence-corrected chi connectivity index (χ0v) is 16.1. The number of alkyl halides is 3. The number of halogens is 3. The zero-order chi connectivity index (χ0) is 21.6. The normalized spacial score (nSPS) is 11.7. The predicted octanol–water partition coefficient (Wildman–Crippen LogP) is 3.40. The molecule has 0 amide bonds. The van der Waals surface area contributed by atoms with E-state index in [1.165, 1.54) is 12.1 Å². The number of benzene rings is 2. The van der Waals surface area contributed by atoms with Gasteiger partial charge < -0.3 is 0 Å². The molecule has 10 heteroatoms. The van der Waals surface area contributed by atoms with E-state index in [0.717, 1.165) is 18.6 Å². The van der Waals surface area contributed by atoms with Crippen molar-refractivity contribution < 1.29 is 18.0 Å². The predicted molar refractivity (Wildman–Crippen MR) is 105 cm³/mol. The van der Waals surface area contributed by atoms with Gasteiger partial charge in [0.25, 0.3) is 5.56 Å². The summed E-state index contributed by atoms with van der Waals surface area (Å²) in [5.41, 5.74) is -3.01. The van der Waals surface area contributed by atoms with Gasteiger partial charge in [-0.3, -0.25) is 14.2 Å². The lowest BCUT2D eigenvalue weighted by molar-refractivity contribution is -0.144. The quantitative estimate of drug-likeness (QED) is 0.466. The van der Waals surface area contributed by atoms with Gasteiger partial charge in [0.05, 0.1) is 10.4 Å². The van der Waals surface area contributed by atoms with Crippen molar-refractivity contribution in [2.45, 2.75) is 6.18 Å². The summed E-state index contributed by atoms with van der Waals surface area (Å²) in [6.07, 6.45) is -4.84. The van der Waals surface area contributed by atoms with Crippen LogP contribution in [0.3, 0.4) is 0 Å². The van der Waals surface area contributed by atoms with Crippen LogP contribution in [-0.2, 0) is 13.2 Å². The van der Waals surface area contributed by atoms with E-state index < -0.39 is 23.1 Å². The number of carbonyl (C=O) groups is 1. The lowest BCUT2D eigenvalue weighted by Gasteiger charge is -2.14. The molecule has 152 valence electrons. The van der Waals surface area contributed by atoms with Crippen LogP contribution >= 0.6 is 11.5 Å². The molecular formula is C20H12F3N3O3S. The summed E-state index contributed by atoms with van der Waals surface area (Å²) >= 11 is 1.07.